The van der Waals surface area contributed by atoms with Gasteiger partial charge in [0.2, 0.25) is 10.0 Å². The quantitative estimate of drug-likeness (QED) is 0.699. The van der Waals surface area contributed by atoms with Gasteiger partial charge in [-0.25, -0.2) is 13.2 Å². The van der Waals surface area contributed by atoms with Gasteiger partial charge in [0.1, 0.15) is 0 Å². The Morgan fingerprint density at radius 3 is 2.33 bits per heavy atom. The Morgan fingerprint density at radius 1 is 1.10 bits per heavy atom. The van der Waals surface area contributed by atoms with Crippen LogP contribution in [0.2, 0.25) is 0 Å². The molecule has 160 valence electrons. The number of nitrogens with zero attached hydrogens (tertiary/aromatic N) is 2. The predicted octanol–water partition coefficient (Wildman–Crippen LogP) is 2.48. The summed E-state index contributed by atoms with van der Waals surface area (Å²) in [4.78, 5) is 37.4. The molecule has 30 heavy (non-hydrogen) atoms. The maximum Gasteiger partial charge on any atom is 0.436 e. The largest absolute Gasteiger partial charge is 0.448 e. The zero-order valence-electron chi connectivity index (χ0n) is 16.2. The Hall–Kier alpha value is -2.76. The van der Waals surface area contributed by atoms with Crippen molar-refractivity contribution in [3.63, 3.8) is 0 Å². The number of nitrogens with one attached hydrogen (secondary N) is 1. The Kier molecular flexibility index (Phi) is 6.85. The summed E-state index contributed by atoms with van der Waals surface area (Å²) in [5.41, 5.74) is 2.54. The third kappa shape index (κ3) is 4.69. The molecule has 3 amide bonds. The van der Waals surface area contributed by atoms with Gasteiger partial charge in [0.25, 0.3) is 11.8 Å². The van der Waals surface area contributed by atoms with Crippen LogP contribution in [0.3, 0.4) is 0 Å². The Labute approximate surface area is 178 Å². The van der Waals surface area contributed by atoms with Gasteiger partial charge in [0.05, 0.1) is 17.1 Å². The lowest BCUT2D eigenvalue weighted by Gasteiger charge is -2.20. The number of imide groups is 1. The highest BCUT2D eigenvalue weighted by molar-refractivity contribution is 7.89. The predicted molar refractivity (Wildman–Crippen MR) is 109 cm³/mol. The van der Waals surface area contributed by atoms with Crippen molar-refractivity contribution < 1.29 is 27.5 Å². The molecule has 0 radical (unpaired) electrons. The fraction of sp³-hybridized carbons (Fsp3) is 0.316. The molecule has 11 heteroatoms. The molecule has 3 rings (SSSR count). The van der Waals surface area contributed by atoms with Crippen molar-refractivity contribution in [3.8, 4) is 0 Å². The number of hydrazine groups is 1. The van der Waals surface area contributed by atoms with Gasteiger partial charge in [-0.05, 0) is 55.5 Å². The lowest BCUT2D eigenvalue weighted by atomic mass is 10.2. The molecule has 1 fully saturated rings. The number of hydrogen-bond donors (Lipinski definition) is 1. The standard InChI is InChI=1S/C19H21N3O6S2/c1-2-28-19(25)22(18(24)15-9-12-29-13-15)20-17(23)14-5-7-16(8-6-14)30(26,27)21-10-3-4-11-21/h5-9,12-13H,2-4,10-11H2,1H3,(H,20,23). The van der Waals surface area contributed by atoms with Crippen LogP contribution < -0.4 is 5.43 Å². The van der Waals surface area contributed by atoms with Gasteiger partial charge < -0.3 is 4.74 Å². The van der Waals surface area contributed by atoms with E-state index in [1.807, 2.05) is 0 Å². The van der Waals surface area contributed by atoms with Gasteiger partial charge in [-0.3, -0.25) is 15.0 Å². The van der Waals surface area contributed by atoms with Crippen molar-refractivity contribution in [3.05, 3.63) is 52.2 Å². The third-order valence-corrected chi connectivity index (χ3v) is 7.05. The number of benzene rings is 1. The normalized spacial score (nSPS) is 14.3. The molecule has 0 atom stereocenters. The number of carbonyl (C=O) groups is 3. The molecule has 1 aliphatic rings. The summed E-state index contributed by atoms with van der Waals surface area (Å²) >= 11 is 1.27. The zero-order chi connectivity index (χ0) is 21.7. The molecule has 0 spiro atoms. The monoisotopic (exact) mass is 451 g/mol. The second-order valence-electron chi connectivity index (χ2n) is 6.43. The summed E-state index contributed by atoms with van der Waals surface area (Å²) in [5, 5.41) is 3.71. The number of thiophene rings is 1. The van der Waals surface area contributed by atoms with E-state index < -0.39 is 27.9 Å². The summed E-state index contributed by atoms with van der Waals surface area (Å²) in [6.07, 6.45) is 0.624. The molecule has 9 nitrogen and oxygen atoms in total. The molecule has 1 aromatic heterocycles. The van der Waals surface area contributed by atoms with Crippen LogP contribution in [0, 0.1) is 0 Å². The molecule has 1 aliphatic heterocycles. The van der Waals surface area contributed by atoms with Crippen molar-refractivity contribution in [2.75, 3.05) is 19.7 Å². The number of hydrogen-bond acceptors (Lipinski definition) is 7. The van der Waals surface area contributed by atoms with E-state index in [4.69, 9.17) is 4.74 Å². The Balaban J connectivity index is 1.77. The van der Waals surface area contributed by atoms with E-state index >= 15 is 0 Å². The second-order valence-corrected chi connectivity index (χ2v) is 9.15. The van der Waals surface area contributed by atoms with E-state index in [0.717, 1.165) is 12.8 Å². The van der Waals surface area contributed by atoms with Crippen LogP contribution in [0.5, 0.6) is 0 Å². The topological polar surface area (TPSA) is 113 Å². The first-order valence-electron chi connectivity index (χ1n) is 9.29. The molecule has 0 unspecified atom stereocenters. The summed E-state index contributed by atoms with van der Waals surface area (Å²) in [5.74, 6) is -1.49. The fourth-order valence-corrected chi connectivity index (χ4v) is 5.05. The van der Waals surface area contributed by atoms with Gasteiger partial charge in [-0.15, -0.1) is 5.01 Å². The first-order chi connectivity index (χ1) is 14.3. The molecule has 0 aliphatic carbocycles. The van der Waals surface area contributed by atoms with Crippen molar-refractivity contribution in [2.24, 2.45) is 0 Å². The summed E-state index contributed by atoms with van der Waals surface area (Å²) in [7, 11) is -3.60. The SMILES string of the molecule is CCOC(=O)N(NC(=O)c1ccc(S(=O)(=O)N2CCCC2)cc1)C(=O)c1ccsc1. The Morgan fingerprint density at radius 2 is 1.77 bits per heavy atom. The molecule has 2 aromatic rings. The number of sulfonamides is 1. The van der Waals surface area contributed by atoms with E-state index in [9.17, 15) is 22.8 Å². The third-order valence-electron chi connectivity index (χ3n) is 4.45. The minimum absolute atomic E-state index is 0.0190. The van der Waals surface area contributed by atoms with Gasteiger partial charge in [-0.2, -0.15) is 15.6 Å². The van der Waals surface area contributed by atoms with Crippen LogP contribution >= 0.6 is 11.3 Å². The molecular weight excluding hydrogens is 430 g/mol. The smallest absolute Gasteiger partial charge is 0.436 e. The van der Waals surface area contributed by atoms with E-state index in [1.54, 1.807) is 17.7 Å². The highest BCUT2D eigenvalue weighted by Gasteiger charge is 2.29. The maximum absolute atomic E-state index is 12.6. The molecule has 2 heterocycles. The van der Waals surface area contributed by atoms with Crippen molar-refractivity contribution in [1.82, 2.24) is 14.7 Å². The van der Waals surface area contributed by atoms with Crippen LogP contribution in [0.15, 0.2) is 46.0 Å². The summed E-state index contributed by atoms with van der Waals surface area (Å²) < 4.78 is 31.4. The summed E-state index contributed by atoms with van der Waals surface area (Å²) in [6, 6.07) is 6.84. The number of rotatable bonds is 5. The molecular formula is C19H21N3O6S2. The maximum atomic E-state index is 12.6. The second kappa shape index (κ2) is 9.37. The highest BCUT2D eigenvalue weighted by Crippen LogP contribution is 2.21. The first kappa shape index (κ1) is 21.9. The van der Waals surface area contributed by atoms with E-state index in [0.29, 0.717) is 18.1 Å². The molecule has 1 saturated heterocycles. The average molecular weight is 452 g/mol. The zero-order valence-corrected chi connectivity index (χ0v) is 17.9. The molecule has 1 N–H and O–H groups in total. The molecule has 0 saturated carbocycles. The minimum atomic E-state index is -3.60. The molecule has 0 bridgehead atoms. The average Bonchev–Trinajstić information content (AvgIpc) is 3.46. The lowest BCUT2D eigenvalue weighted by molar-refractivity contribution is 0.0506. The number of ether oxygens (including phenoxy) is 1. The van der Waals surface area contributed by atoms with E-state index in [2.05, 4.69) is 5.43 Å². The van der Waals surface area contributed by atoms with E-state index in [-0.39, 0.29) is 22.6 Å². The highest BCUT2D eigenvalue weighted by atomic mass is 32.2. The van der Waals surface area contributed by atoms with Crippen LogP contribution in [0.25, 0.3) is 0 Å². The lowest BCUT2D eigenvalue weighted by Crippen LogP contribution is -2.50. The Bertz CT molecular complexity index is 1010. The van der Waals surface area contributed by atoms with Gasteiger partial charge >= 0.3 is 6.09 Å². The van der Waals surface area contributed by atoms with E-state index in [1.165, 1.54) is 46.0 Å². The van der Waals surface area contributed by atoms with Crippen LogP contribution in [-0.2, 0) is 14.8 Å². The van der Waals surface area contributed by atoms with Crippen molar-refractivity contribution in [1.29, 1.82) is 0 Å². The van der Waals surface area contributed by atoms with Crippen molar-refractivity contribution >= 4 is 39.3 Å². The minimum Gasteiger partial charge on any atom is -0.448 e. The molecule has 1 aromatic carbocycles. The first-order valence-corrected chi connectivity index (χ1v) is 11.7. The number of amides is 3. The summed E-state index contributed by atoms with van der Waals surface area (Å²) in [6.45, 7) is 2.55. The van der Waals surface area contributed by atoms with Gasteiger partial charge in [0.15, 0.2) is 0 Å². The fourth-order valence-electron chi connectivity index (χ4n) is 2.90. The van der Waals surface area contributed by atoms with Crippen LogP contribution in [-0.4, -0.2) is 55.3 Å². The van der Waals surface area contributed by atoms with Crippen LogP contribution in [0.1, 0.15) is 40.5 Å². The van der Waals surface area contributed by atoms with Gasteiger partial charge in [0, 0.05) is 24.0 Å². The van der Waals surface area contributed by atoms with Crippen LogP contribution in [0.4, 0.5) is 4.79 Å². The van der Waals surface area contributed by atoms with Crippen molar-refractivity contribution in [2.45, 2.75) is 24.7 Å². The van der Waals surface area contributed by atoms with Gasteiger partial charge in [-0.1, -0.05) is 0 Å². The number of carbonyl (C=O) groups excluding carboxylic acids is 3.